The van der Waals surface area contributed by atoms with Gasteiger partial charge in [-0.3, -0.25) is 0 Å². The lowest BCUT2D eigenvalue weighted by atomic mass is 9.99. The molecule has 1 heterocycles. The third kappa shape index (κ3) is 2.08. The number of sulfone groups is 1. The summed E-state index contributed by atoms with van der Waals surface area (Å²) in [6.45, 7) is 0.800. The summed E-state index contributed by atoms with van der Waals surface area (Å²) < 4.78 is 24.7. The third-order valence-corrected chi connectivity index (χ3v) is 6.42. The molecule has 0 bridgehead atoms. The molecule has 1 aliphatic carbocycles. The van der Waals surface area contributed by atoms with Crippen molar-refractivity contribution < 1.29 is 8.42 Å². The standard InChI is InChI=1S/C14H19NO2S/c16-18(17)10-4-9-15-14-12-7-2-1-5-11(12)6-3-8-13(14)18/h1-2,5,7,13-15H,3-4,6,8-10H2. The Labute approximate surface area is 109 Å². The van der Waals surface area contributed by atoms with Crippen LogP contribution >= 0.6 is 0 Å². The van der Waals surface area contributed by atoms with Gasteiger partial charge in [-0.15, -0.1) is 0 Å². The number of hydrogen-bond donors (Lipinski definition) is 1. The van der Waals surface area contributed by atoms with Crippen molar-refractivity contribution in [3.63, 3.8) is 0 Å². The topological polar surface area (TPSA) is 46.2 Å². The van der Waals surface area contributed by atoms with E-state index in [4.69, 9.17) is 0 Å². The molecular formula is C14H19NO2S. The Balaban J connectivity index is 2.09. The molecule has 2 unspecified atom stereocenters. The average Bonchev–Trinajstić information content (AvgIpc) is 2.62. The monoisotopic (exact) mass is 265 g/mol. The summed E-state index contributed by atoms with van der Waals surface area (Å²) in [5.74, 6) is 0.337. The minimum atomic E-state index is -2.95. The summed E-state index contributed by atoms with van der Waals surface area (Å²) in [5.41, 5.74) is 2.51. The number of nitrogens with one attached hydrogen (secondary N) is 1. The van der Waals surface area contributed by atoms with Crippen molar-refractivity contribution in [3.05, 3.63) is 35.4 Å². The highest BCUT2D eigenvalue weighted by Gasteiger charge is 2.37. The van der Waals surface area contributed by atoms with Gasteiger partial charge in [0.05, 0.1) is 11.0 Å². The summed E-state index contributed by atoms with van der Waals surface area (Å²) in [4.78, 5) is 0. The van der Waals surface area contributed by atoms with Crippen molar-refractivity contribution in [1.29, 1.82) is 0 Å². The van der Waals surface area contributed by atoms with Crippen LogP contribution in [0.2, 0.25) is 0 Å². The zero-order chi connectivity index (χ0) is 12.6. The van der Waals surface area contributed by atoms with Crippen LogP contribution in [0.25, 0.3) is 0 Å². The molecule has 1 fully saturated rings. The summed E-state index contributed by atoms with van der Waals surface area (Å²) in [6, 6.07) is 8.28. The quantitative estimate of drug-likeness (QED) is 0.778. The fourth-order valence-corrected chi connectivity index (χ4v) is 5.27. The van der Waals surface area contributed by atoms with Gasteiger partial charge in [-0.25, -0.2) is 8.42 Å². The van der Waals surface area contributed by atoms with Gasteiger partial charge in [-0.1, -0.05) is 24.3 Å². The maximum absolute atomic E-state index is 12.4. The van der Waals surface area contributed by atoms with Crippen LogP contribution in [0.3, 0.4) is 0 Å². The van der Waals surface area contributed by atoms with Crippen LogP contribution in [-0.2, 0) is 16.3 Å². The zero-order valence-corrected chi connectivity index (χ0v) is 11.2. The van der Waals surface area contributed by atoms with Crippen LogP contribution in [0.1, 0.15) is 36.4 Å². The van der Waals surface area contributed by atoms with Crippen LogP contribution in [0.4, 0.5) is 0 Å². The highest BCUT2D eigenvalue weighted by molar-refractivity contribution is 7.92. The molecule has 98 valence electrons. The highest BCUT2D eigenvalue weighted by atomic mass is 32.2. The van der Waals surface area contributed by atoms with Crippen molar-refractivity contribution in [3.8, 4) is 0 Å². The van der Waals surface area contributed by atoms with E-state index in [0.717, 1.165) is 32.2 Å². The Hall–Kier alpha value is -0.870. The Morgan fingerprint density at radius 3 is 2.89 bits per heavy atom. The summed E-state index contributed by atoms with van der Waals surface area (Å²) in [5, 5.41) is 3.22. The number of rotatable bonds is 0. The van der Waals surface area contributed by atoms with E-state index in [9.17, 15) is 8.42 Å². The molecule has 3 nitrogen and oxygen atoms in total. The molecule has 0 saturated carbocycles. The second-order valence-corrected chi connectivity index (χ2v) is 7.62. The van der Waals surface area contributed by atoms with Gasteiger partial charge in [0.15, 0.2) is 9.84 Å². The molecule has 0 spiro atoms. The zero-order valence-electron chi connectivity index (χ0n) is 10.4. The second kappa shape index (κ2) is 4.67. The largest absolute Gasteiger partial charge is 0.309 e. The van der Waals surface area contributed by atoms with Gasteiger partial charge >= 0.3 is 0 Å². The molecule has 1 N–H and O–H groups in total. The van der Waals surface area contributed by atoms with Crippen LogP contribution in [0.5, 0.6) is 0 Å². The fourth-order valence-electron chi connectivity index (χ4n) is 3.24. The molecule has 18 heavy (non-hydrogen) atoms. The van der Waals surface area contributed by atoms with E-state index in [-0.39, 0.29) is 11.3 Å². The normalized spacial score (nSPS) is 30.7. The van der Waals surface area contributed by atoms with Crippen molar-refractivity contribution in [1.82, 2.24) is 5.32 Å². The van der Waals surface area contributed by atoms with Crippen LogP contribution < -0.4 is 5.32 Å². The minimum absolute atomic E-state index is 0.00352. The van der Waals surface area contributed by atoms with E-state index >= 15 is 0 Å². The maximum atomic E-state index is 12.4. The predicted molar refractivity (Wildman–Crippen MR) is 72.3 cm³/mol. The van der Waals surface area contributed by atoms with Crippen molar-refractivity contribution >= 4 is 9.84 Å². The summed E-state index contributed by atoms with van der Waals surface area (Å²) in [6.07, 6.45) is 3.49. The number of benzene rings is 1. The Morgan fingerprint density at radius 1 is 1.17 bits per heavy atom. The molecule has 1 saturated heterocycles. The molecule has 1 aliphatic heterocycles. The molecule has 0 radical (unpaired) electrons. The first-order chi connectivity index (χ1) is 8.68. The number of hydrogen-bond acceptors (Lipinski definition) is 3. The van der Waals surface area contributed by atoms with E-state index in [2.05, 4.69) is 17.4 Å². The first kappa shape index (κ1) is 12.2. The Bertz CT molecular complexity index is 538. The third-order valence-electron chi connectivity index (χ3n) is 4.13. The van der Waals surface area contributed by atoms with Gasteiger partial charge in [0.1, 0.15) is 0 Å². The molecule has 3 rings (SSSR count). The molecule has 1 aromatic rings. The average molecular weight is 265 g/mol. The molecule has 2 aliphatic rings. The summed E-state index contributed by atoms with van der Waals surface area (Å²) >= 11 is 0. The lowest BCUT2D eigenvalue weighted by Gasteiger charge is -2.24. The first-order valence-electron chi connectivity index (χ1n) is 6.71. The number of aryl methyl sites for hydroxylation is 1. The smallest absolute Gasteiger partial charge is 0.155 e. The predicted octanol–water partition coefficient (Wildman–Crippen LogP) is 1.84. The van der Waals surface area contributed by atoms with E-state index in [0.29, 0.717) is 5.75 Å². The highest BCUT2D eigenvalue weighted by Crippen LogP contribution is 2.34. The maximum Gasteiger partial charge on any atom is 0.155 e. The van der Waals surface area contributed by atoms with Crippen LogP contribution in [0.15, 0.2) is 24.3 Å². The molecular weight excluding hydrogens is 246 g/mol. The Kier molecular flexibility index (Phi) is 3.16. The van der Waals surface area contributed by atoms with Crippen LogP contribution in [-0.4, -0.2) is 26.0 Å². The van der Waals surface area contributed by atoms with Crippen molar-refractivity contribution in [2.75, 3.05) is 12.3 Å². The Morgan fingerprint density at radius 2 is 2.00 bits per heavy atom. The molecule has 4 heteroatoms. The van der Waals surface area contributed by atoms with Crippen LogP contribution in [0, 0.1) is 0 Å². The number of fused-ring (bicyclic) bond motifs is 3. The van der Waals surface area contributed by atoms with Gasteiger partial charge in [0, 0.05) is 6.04 Å². The van der Waals surface area contributed by atoms with Gasteiger partial charge in [0.2, 0.25) is 0 Å². The van der Waals surface area contributed by atoms with Gasteiger partial charge < -0.3 is 5.32 Å². The molecule has 2 atom stereocenters. The fraction of sp³-hybridized carbons (Fsp3) is 0.571. The van der Waals surface area contributed by atoms with E-state index in [1.165, 1.54) is 11.1 Å². The molecule has 0 aromatic heterocycles. The SMILES string of the molecule is O=S1(=O)CCCNC2c3ccccc3CCCC21. The first-order valence-corrected chi connectivity index (χ1v) is 8.43. The van der Waals surface area contributed by atoms with Crippen molar-refractivity contribution in [2.24, 2.45) is 0 Å². The lowest BCUT2D eigenvalue weighted by Crippen LogP contribution is -2.34. The summed E-state index contributed by atoms with van der Waals surface area (Å²) in [7, 11) is -2.95. The van der Waals surface area contributed by atoms with Crippen molar-refractivity contribution in [2.45, 2.75) is 37.0 Å². The van der Waals surface area contributed by atoms with Gasteiger partial charge in [-0.05, 0) is 43.4 Å². The molecule has 0 amide bonds. The van der Waals surface area contributed by atoms with E-state index in [1.54, 1.807) is 0 Å². The molecule has 1 aromatic carbocycles. The van der Waals surface area contributed by atoms with Gasteiger partial charge in [-0.2, -0.15) is 0 Å². The minimum Gasteiger partial charge on any atom is -0.309 e. The van der Waals surface area contributed by atoms with E-state index < -0.39 is 9.84 Å². The van der Waals surface area contributed by atoms with E-state index in [1.807, 2.05) is 12.1 Å². The lowest BCUT2D eigenvalue weighted by molar-refractivity contribution is 0.491. The second-order valence-electron chi connectivity index (χ2n) is 5.28. The van der Waals surface area contributed by atoms with Gasteiger partial charge in [0.25, 0.3) is 0 Å².